The van der Waals surface area contributed by atoms with Crippen molar-refractivity contribution in [1.82, 2.24) is 0 Å². The fourth-order valence-electron chi connectivity index (χ4n) is 5.82. The van der Waals surface area contributed by atoms with Crippen molar-refractivity contribution in [3.05, 3.63) is 108 Å². The number of rotatable bonds is 10. The van der Waals surface area contributed by atoms with E-state index in [1.807, 2.05) is 0 Å². The van der Waals surface area contributed by atoms with E-state index in [-0.39, 0.29) is 37.0 Å². The van der Waals surface area contributed by atoms with Crippen LogP contribution in [0.15, 0.2) is 96.1 Å². The van der Waals surface area contributed by atoms with Crippen LogP contribution < -0.4 is 10.6 Å². The molecule has 0 saturated heterocycles. The first-order valence-electron chi connectivity index (χ1n) is 14.2. The molecule has 2 atom stereocenters. The van der Waals surface area contributed by atoms with E-state index in [0.717, 1.165) is 12.8 Å². The molecule has 206 valence electrons. The van der Waals surface area contributed by atoms with E-state index >= 15 is 0 Å². The van der Waals surface area contributed by atoms with Gasteiger partial charge in [-0.15, -0.1) is 12.8 Å². The van der Waals surface area contributed by atoms with Gasteiger partial charge >= 0.3 is 26.2 Å². The van der Waals surface area contributed by atoms with Crippen molar-refractivity contribution in [2.45, 2.75) is 78.1 Å². The Bertz CT molecular complexity index is 1040. The van der Waals surface area contributed by atoms with Crippen LogP contribution in [0.5, 0.6) is 0 Å². The molecular weight excluding hydrogens is 584 g/mol. The minimum atomic E-state index is -0.842. The molecule has 2 aliphatic carbocycles. The Morgan fingerprint density at radius 3 is 1.21 bits per heavy atom. The van der Waals surface area contributed by atoms with Crippen molar-refractivity contribution >= 4 is 29.0 Å². The summed E-state index contributed by atoms with van der Waals surface area (Å²) in [4.78, 5) is 0. The molecule has 0 spiro atoms. The molecule has 0 bridgehead atoms. The number of hydrogen-bond donors (Lipinski definition) is 2. The zero-order valence-electron chi connectivity index (χ0n) is 25.3. The molecule has 5 heteroatoms. The summed E-state index contributed by atoms with van der Waals surface area (Å²) in [5.74, 6) is 0. The molecule has 0 heterocycles. The fraction of sp³-hybridized carbons (Fsp3) is 0.412. The molecule has 2 nitrogen and oxygen atoms in total. The average Bonchev–Trinajstić information content (AvgIpc) is 3.62. The maximum Gasteiger partial charge on any atom is 2.00 e. The Hall–Kier alpha value is -1.68. The average molecular weight is 632 g/mol. The molecule has 0 radical (unpaired) electrons. The minimum absolute atomic E-state index is 0. The van der Waals surface area contributed by atoms with Gasteiger partial charge in [0.05, 0.1) is 17.6 Å². The van der Waals surface area contributed by atoms with E-state index in [1.54, 1.807) is 0 Å². The molecule has 39 heavy (non-hydrogen) atoms. The zero-order valence-corrected chi connectivity index (χ0v) is 30.1. The first-order valence-corrected chi connectivity index (χ1v) is 20.2. The van der Waals surface area contributed by atoms with Crippen molar-refractivity contribution in [2.75, 3.05) is 10.6 Å². The van der Waals surface area contributed by atoms with Gasteiger partial charge in [-0.25, -0.2) is 23.3 Å². The van der Waals surface area contributed by atoms with Crippen LogP contribution >= 0.6 is 0 Å². The van der Waals surface area contributed by atoms with Gasteiger partial charge in [0.15, 0.2) is 0 Å². The monoisotopic (exact) mass is 630 g/mol. The van der Waals surface area contributed by atoms with E-state index in [4.69, 9.17) is 0 Å². The van der Waals surface area contributed by atoms with Gasteiger partial charge in [-0.3, -0.25) is 12.2 Å². The van der Waals surface area contributed by atoms with Crippen molar-refractivity contribution in [3.63, 3.8) is 0 Å². The summed E-state index contributed by atoms with van der Waals surface area (Å²) in [6, 6.07) is 21.1. The second-order valence-corrected chi connectivity index (χ2v) is 18.6. The molecule has 2 aliphatic rings. The van der Waals surface area contributed by atoms with Crippen LogP contribution in [-0.4, -0.2) is 28.9 Å². The van der Waals surface area contributed by atoms with Gasteiger partial charge in [0, 0.05) is 22.7 Å². The molecule has 0 aliphatic heterocycles. The third-order valence-corrected chi connectivity index (χ3v) is 12.5. The smallest absolute Gasteiger partial charge is 0.385 e. The molecule has 0 aromatic heterocycles. The molecule has 0 saturated carbocycles. The third kappa shape index (κ3) is 9.16. The molecule has 2 aromatic carbocycles. The Kier molecular flexibility index (Phi) is 13.2. The predicted octanol–water partition coefficient (Wildman–Crippen LogP) is 8.41. The summed E-state index contributed by atoms with van der Waals surface area (Å²) in [5.41, 5.74) is 6.52. The normalized spacial score (nSPS) is 16.2. The van der Waals surface area contributed by atoms with Crippen LogP contribution in [0.4, 0.5) is 11.4 Å². The van der Waals surface area contributed by atoms with Gasteiger partial charge in [0.25, 0.3) is 0 Å². The first-order chi connectivity index (χ1) is 18.0. The van der Waals surface area contributed by atoms with Gasteiger partial charge < -0.3 is 10.6 Å². The summed E-state index contributed by atoms with van der Waals surface area (Å²) in [6.07, 6.45) is 17.9. The number of nitrogens with one attached hydrogen (secondary N) is 2. The summed E-state index contributed by atoms with van der Waals surface area (Å²) in [6.45, 7) is 19.1. The van der Waals surface area contributed by atoms with Gasteiger partial charge in [0.1, 0.15) is 0 Å². The molecular formula is C34H48N2Si2Zr. The topological polar surface area (TPSA) is 24.1 Å². The molecule has 2 N–H and O–H groups in total. The van der Waals surface area contributed by atoms with E-state index in [1.165, 1.54) is 22.5 Å². The van der Waals surface area contributed by atoms with Crippen LogP contribution in [-0.2, 0) is 26.2 Å². The maximum atomic E-state index is 3.76. The fourth-order valence-corrected chi connectivity index (χ4v) is 10.6. The Balaban J connectivity index is 0.000000267. The van der Waals surface area contributed by atoms with Crippen molar-refractivity contribution in [1.29, 1.82) is 0 Å². The largest absolute Gasteiger partial charge is 2.00 e. The third-order valence-electron chi connectivity index (χ3n) is 7.86. The standard InChI is InChI=1S/2C17H24NSi.Zr/c2*1-17(2,14-10-8-9-11-14)16(19(3)4)18-15-12-6-5-7-13-15;/h2*5-8,10,12-13,16,18-19H,9H2,1-4H3;/q2*-1;+2. The second kappa shape index (κ2) is 15.4. The van der Waals surface area contributed by atoms with Gasteiger partial charge in [-0.2, -0.15) is 12.2 Å². The second-order valence-electron chi connectivity index (χ2n) is 12.3. The summed E-state index contributed by atoms with van der Waals surface area (Å²) >= 11 is 0. The predicted molar refractivity (Wildman–Crippen MR) is 174 cm³/mol. The van der Waals surface area contributed by atoms with Gasteiger partial charge in [-0.05, 0) is 35.1 Å². The Morgan fingerprint density at radius 1 is 0.615 bits per heavy atom. The summed E-state index contributed by atoms with van der Waals surface area (Å²) < 4.78 is 0. The zero-order chi connectivity index (χ0) is 27.8. The Morgan fingerprint density at radius 2 is 0.949 bits per heavy atom. The van der Waals surface area contributed by atoms with E-state index in [2.05, 4.69) is 162 Å². The van der Waals surface area contributed by atoms with Crippen LogP contribution in [0.25, 0.3) is 0 Å². The van der Waals surface area contributed by atoms with Crippen LogP contribution in [0.3, 0.4) is 0 Å². The number of allylic oxidation sites excluding steroid dienone is 6. The van der Waals surface area contributed by atoms with Crippen LogP contribution in [0, 0.1) is 23.0 Å². The van der Waals surface area contributed by atoms with E-state index < -0.39 is 17.6 Å². The Labute approximate surface area is 261 Å². The SMILES string of the molecule is C[SiH](C)C(Nc1ccccc1)C(C)(C)C1=[C-]CC=C1.C[SiH](C)C(Nc1ccccc1)C(C)(C)C1=[C-]CC=C1.[Zr+2]. The van der Waals surface area contributed by atoms with E-state index in [0.29, 0.717) is 11.3 Å². The molecule has 2 aromatic rings. The quantitative estimate of drug-likeness (QED) is 0.203. The van der Waals surface area contributed by atoms with E-state index in [9.17, 15) is 0 Å². The first kappa shape index (κ1) is 33.5. The molecule has 0 amide bonds. The maximum absolute atomic E-state index is 3.76. The van der Waals surface area contributed by atoms with Gasteiger partial charge in [0.2, 0.25) is 0 Å². The molecule has 4 rings (SSSR count). The summed E-state index contributed by atoms with van der Waals surface area (Å²) in [7, 11) is -1.68. The number of anilines is 2. The van der Waals surface area contributed by atoms with Crippen LogP contribution in [0.2, 0.25) is 26.2 Å². The molecule has 0 fully saturated rings. The minimum Gasteiger partial charge on any atom is -0.385 e. The van der Waals surface area contributed by atoms with Crippen molar-refractivity contribution < 1.29 is 26.2 Å². The number of benzene rings is 2. The number of hydrogen-bond acceptors (Lipinski definition) is 2. The van der Waals surface area contributed by atoms with Gasteiger partial charge in [-0.1, -0.05) is 90.3 Å². The van der Waals surface area contributed by atoms with Crippen molar-refractivity contribution in [2.24, 2.45) is 10.8 Å². The number of para-hydroxylation sites is 2. The molecule has 2 unspecified atom stereocenters. The summed E-state index contributed by atoms with van der Waals surface area (Å²) in [5, 5.41) is 7.53. The van der Waals surface area contributed by atoms with Crippen molar-refractivity contribution in [3.8, 4) is 0 Å². The van der Waals surface area contributed by atoms with Crippen LogP contribution in [0.1, 0.15) is 40.5 Å².